The first-order valence-electron chi connectivity index (χ1n) is 6.90. The largest absolute Gasteiger partial charge is 0.444 e. The van der Waals surface area contributed by atoms with Gasteiger partial charge in [0.05, 0.1) is 24.1 Å². The predicted molar refractivity (Wildman–Crippen MR) is 75.9 cm³/mol. The molecule has 0 saturated heterocycles. The predicted octanol–water partition coefficient (Wildman–Crippen LogP) is 2.42. The number of nitrogens with one attached hydrogen (secondary N) is 1. The third-order valence-electron chi connectivity index (χ3n) is 3.01. The van der Waals surface area contributed by atoms with Crippen molar-refractivity contribution in [1.29, 1.82) is 0 Å². The van der Waals surface area contributed by atoms with E-state index in [0.717, 1.165) is 12.1 Å². The molecule has 0 spiro atoms. The van der Waals surface area contributed by atoms with Crippen molar-refractivity contribution in [3.63, 3.8) is 0 Å². The van der Waals surface area contributed by atoms with Gasteiger partial charge in [0.2, 0.25) is 0 Å². The molecule has 0 radical (unpaired) electrons. The van der Waals surface area contributed by atoms with Crippen LogP contribution in [0, 0.1) is 5.92 Å². The molecule has 1 aromatic rings. The van der Waals surface area contributed by atoms with E-state index in [2.05, 4.69) is 15.3 Å². The first kappa shape index (κ1) is 14.6. The molecule has 0 aromatic carbocycles. The molecule has 110 valence electrons. The molecule has 0 bridgehead atoms. The lowest BCUT2D eigenvalue weighted by atomic mass is 10.1. The first-order chi connectivity index (χ1) is 9.33. The molecule has 2 rings (SSSR count). The molecule has 1 heterocycles. The molecular formula is C14H22N4O2. The Kier molecular flexibility index (Phi) is 4.11. The number of rotatable bonds is 4. The van der Waals surface area contributed by atoms with E-state index < -0.39 is 11.7 Å². The van der Waals surface area contributed by atoms with Crippen molar-refractivity contribution in [2.45, 2.75) is 51.7 Å². The van der Waals surface area contributed by atoms with E-state index in [1.165, 1.54) is 19.0 Å². The minimum atomic E-state index is -0.513. The number of carbonyl (C=O) groups excluding carboxylic acids is 1. The zero-order valence-electron chi connectivity index (χ0n) is 12.2. The van der Waals surface area contributed by atoms with Gasteiger partial charge in [-0.1, -0.05) is 12.8 Å². The summed E-state index contributed by atoms with van der Waals surface area (Å²) in [5, 5.41) is 2.88. The molecule has 6 nitrogen and oxygen atoms in total. The number of anilines is 1. The lowest BCUT2D eigenvalue weighted by molar-refractivity contribution is 0.0498. The molecule has 1 amide bonds. The highest BCUT2D eigenvalue weighted by Crippen LogP contribution is 2.37. The van der Waals surface area contributed by atoms with Gasteiger partial charge in [0, 0.05) is 0 Å². The van der Waals surface area contributed by atoms with Gasteiger partial charge >= 0.3 is 6.09 Å². The average Bonchev–Trinajstić information content (AvgIpc) is 3.10. The Morgan fingerprint density at radius 1 is 1.45 bits per heavy atom. The van der Waals surface area contributed by atoms with E-state index in [4.69, 9.17) is 10.5 Å². The van der Waals surface area contributed by atoms with Gasteiger partial charge in [0.15, 0.2) is 0 Å². The molecule has 1 saturated carbocycles. The number of hydrogen-bond donors (Lipinski definition) is 2. The van der Waals surface area contributed by atoms with Crippen molar-refractivity contribution in [1.82, 2.24) is 15.3 Å². The monoisotopic (exact) mass is 278 g/mol. The van der Waals surface area contributed by atoms with Gasteiger partial charge in [-0.25, -0.2) is 9.78 Å². The Morgan fingerprint density at radius 2 is 2.15 bits per heavy atom. The zero-order chi connectivity index (χ0) is 14.8. The number of ether oxygens (including phenoxy) is 1. The van der Waals surface area contributed by atoms with Crippen LogP contribution in [0.15, 0.2) is 12.4 Å². The van der Waals surface area contributed by atoms with Crippen LogP contribution in [-0.2, 0) is 4.74 Å². The van der Waals surface area contributed by atoms with Crippen LogP contribution in [-0.4, -0.2) is 21.7 Å². The summed E-state index contributed by atoms with van der Waals surface area (Å²) in [4.78, 5) is 20.2. The fourth-order valence-electron chi connectivity index (χ4n) is 1.92. The van der Waals surface area contributed by atoms with E-state index in [1.807, 2.05) is 20.8 Å². The van der Waals surface area contributed by atoms with Gasteiger partial charge in [0.25, 0.3) is 0 Å². The molecule has 1 atom stereocenters. The summed E-state index contributed by atoms with van der Waals surface area (Å²) >= 11 is 0. The Hall–Kier alpha value is -1.85. The molecular weight excluding hydrogens is 256 g/mol. The summed E-state index contributed by atoms with van der Waals surface area (Å²) in [6, 6.07) is -0.176. The molecule has 1 aliphatic carbocycles. The van der Waals surface area contributed by atoms with Crippen LogP contribution in [0.3, 0.4) is 0 Å². The van der Waals surface area contributed by atoms with Gasteiger partial charge in [-0.15, -0.1) is 0 Å². The number of nitrogen functional groups attached to an aromatic ring is 1. The highest BCUT2D eigenvalue weighted by atomic mass is 16.6. The summed E-state index contributed by atoms with van der Waals surface area (Å²) in [7, 11) is 0. The fourth-order valence-corrected chi connectivity index (χ4v) is 1.92. The number of nitrogens with zero attached hydrogens (tertiary/aromatic N) is 2. The van der Waals surface area contributed by atoms with Crippen LogP contribution >= 0.6 is 0 Å². The molecule has 0 aliphatic heterocycles. The molecule has 3 N–H and O–H groups in total. The van der Waals surface area contributed by atoms with Crippen molar-refractivity contribution >= 4 is 11.9 Å². The van der Waals surface area contributed by atoms with Crippen LogP contribution in [0.1, 0.15) is 51.8 Å². The van der Waals surface area contributed by atoms with Crippen molar-refractivity contribution in [3.8, 4) is 0 Å². The smallest absolute Gasteiger partial charge is 0.408 e. The van der Waals surface area contributed by atoms with Crippen LogP contribution in [0.25, 0.3) is 0 Å². The first-order valence-corrected chi connectivity index (χ1v) is 6.90. The lowest BCUT2D eigenvalue weighted by Crippen LogP contribution is -2.35. The van der Waals surface area contributed by atoms with Crippen molar-refractivity contribution in [2.24, 2.45) is 5.92 Å². The third kappa shape index (κ3) is 4.68. The van der Waals surface area contributed by atoms with E-state index in [1.54, 1.807) is 6.20 Å². The Morgan fingerprint density at radius 3 is 2.65 bits per heavy atom. The van der Waals surface area contributed by atoms with Crippen LogP contribution < -0.4 is 11.1 Å². The van der Waals surface area contributed by atoms with Crippen molar-refractivity contribution in [3.05, 3.63) is 18.1 Å². The number of amides is 1. The SMILES string of the molecule is CC(C)(C)OC(=O)NC(CC1CC1)c1cnc(N)cn1. The van der Waals surface area contributed by atoms with Crippen LogP contribution in [0.4, 0.5) is 10.6 Å². The van der Waals surface area contributed by atoms with Crippen LogP contribution in [0.2, 0.25) is 0 Å². The summed E-state index contributed by atoms with van der Waals surface area (Å²) in [5.74, 6) is 1.02. The van der Waals surface area contributed by atoms with E-state index in [0.29, 0.717) is 11.7 Å². The fraction of sp³-hybridized carbons (Fsp3) is 0.643. The molecule has 1 aliphatic rings. The number of hydrogen-bond acceptors (Lipinski definition) is 5. The van der Waals surface area contributed by atoms with E-state index >= 15 is 0 Å². The van der Waals surface area contributed by atoms with Gasteiger partial charge < -0.3 is 15.8 Å². The minimum absolute atomic E-state index is 0.176. The third-order valence-corrected chi connectivity index (χ3v) is 3.01. The molecule has 1 unspecified atom stereocenters. The Labute approximate surface area is 119 Å². The zero-order valence-corrected chi connectivity index (χ0v) is 12.2. The van der Waals surface area contributed by atoms with Crippen molar-refractivity contribution in [2.75, 3.05) is 5.73 Å². The number of nitrogens with two attached hydrogens (primary N) is 1. The summed E-state index contributed by atoms with van der Waals surface area (Å²) in [6.45, 7) is 5.52. The average molecular weight is 278 g/mol. The molecule has 20 heavy (non-hydrogen) atoms. The molecule has 6 heteroatoms. The summed E-state index contributed by atoms with van der Waals surface area (Å²) < 4.78 is 5.29. The quantitative estimate of drug-likeness (QED) is 0.882. The summed E-state index contributed by atoms with van der Waals surface area (Å²) in [6.07, 6.45) is 5.95. The van der Waals surface area contributed by atoms with Gasteiger partial charge in [-0.2, -0.15) is 0 Å². The highest BCUT2D eigenvalue weighted by Gasteiger charge is 2.29. The van der Waals surface area contributed by atoms with Crippen LogP contribution in [0.5, 0.6) is 0 Å². The minimum Gasteiger partial charge on any atom is -0.444 e. The van der Waals surface area contributed by atoms with E-state index in [9.17, 15) is 4.79 Å². The Balaban J connectivity index is 2.03. The second kappa shape index (κ2) is 5.64. The normalized spacial score (nSPS) is 16.6. The highest BCUT2D eigenvalue weighted by molar-refractivity contribution is 5.68. The second-order valence-corrected chi connectivity index (χ2v) is 6.24. The second-order valence-electron chi connectivity index (χ2n) is 6.24. The van der Waals surface area contributed by atoms with E-state index in [-0.39, 0.29) is 6.04 Å². The topological polar surface area (TPSA) is 90.1 Å². The van der Waals surface area contributed by atoms with Gasteiger partial charge in [0.1, 0.15) is 11.4 Å². The number of aromatic nitrogens is 2. The Bertz CT molecular complexity index is 463. The molecule has 1 aromatic heterocycles. The lowest BCUT2D eigenvalue weighted by Gasteiger charge is -2.23. The number of carbonyl (C=O) groups is 1. The maximum atomic E-state index is 11.9. The van der Waals surface area contributed by atoms with Crippen molar-refractivity contribution < 1.29 is 9.53 Å². The maximum Gasteiger partial charge on any atom is 0.408 e. The van der Waals surface area contributed by atoms with Gasteiger partial charge in [-0.3, -0.25) is 4.98 Å². The number of alkyl carbamates (subject to hydrolysis) is 1. The van der Waals surface area contributed by atoms with Gasteiger partial charge in [-0.05, 0) is 33.1 Å². The summed E-state index contributed by atoms with van der Waals surface area (Å²) in [5.41, 5.74) is 5.75. The molecule has 1 fully saturated rings. The maximum absolute atomic E-state index is 11.9. The standard InChI is InChI=1S/C14H22N4O2/c1-14(2,3)20-13(19)18-10(6-9-4-5-9)11-7-17-12(15)8-16-11/h7-10H,4-6H2,1-3H3,(H2,15,17)(H,18,19).